The van der Waals surface area contributed by atoms with Crippen LogP contribution in [0.5, 0.6) is 0 Å². The molecule has 134 valence electrons. The fraction of sp³-hybridized carbons (Fsp3) is 0.211. The van der Waals surface area contributed by atoms with Crippen LogP contribution in [0.2, 0.25) is 0 Å². The van der Waals surface area contributed by atoms with Gasteiger partial charge in [0.15, 0.2) is 5.82 Å². The van der Waals surface area contributed by atoms with Crippen LogP contribution in [0.4, 0.5) is 0 Å². The molecule has 3 rings (SSSR count). The van der Waals surface area contributed by atoms with Crippen molar-refractivity contribution in [1.29, 1.82) is 0 Å². The van der Waals surface area contributed by atoms with E-state index in [2.05, 4.69) is 10.5 Å². The van der Waals surface area contributed by atoms with Gasteiger partial charge >= 0.3 is 0 Å². The summed E-state index contributed by atoms with van der Waals surface area (Å²) in [5.74, 6) is 0.283. The van der Waals surface area contributed by atoms with Crippen LogP contribution in [-0.2, 0) is 4.79 Å². The Bertz CT molecular complexity index is 957. The fourth-order valence-corrected chi connectivity index (χ4v) is 2.98. The van der Waals surface area contributed by atoms with E-state index in [4.69, 9.17) is 10.3 Å². The topological polar surface area (TPSA) is 103 Å². The molecule has 0 aliphatic rings. The number of amides is 2. The zero-order valence-corrected chi connectivity index (χ0v) is 14.8. The van der Waals surface area contributed by atoms with Crippen molar-refractivity contribution in [3.8, 4) is 5.82 Å². The number of benzene rings is 1. The molecule has 3 N–H and O–H groups in total. The quantitative estimate of drug-likeness (QED) is 0.735. The van der Waals surface area contributed by atoms with Crippen molar-refractivity contribution in [1.82, 2.24) is 15.0 Å². The molecule has 0 radical (unpaired) electrons. The Morgan fingerprint density at radius 2 is 1.85 bits per heavy atom. The normalized spacial score (nSPS) is 12.0. The number of carbonyl (C=O) groups excluding carboxylic acids is 2. The van der Waals surface area contributed by atoms with Crippen LogP contribution in [0, 0.1) is 20.8 Å². The SMILES string of the molecule is Cc1cc(-n2c(C)cc(C(=O)NC(C(N)=O)c3ccccc3)c2C)no1. The summed E-state index contributed by atoms with van der Waals surface area (Å²) in [5.41, 5.74) is 8.09. The molecular formula is C19H20N4O3. The van der Waals surface area contributed by atoms with Crippen molar-refractivity contribution in [2.45, 2.75) is 26.8 Å². The second kappa shape index (κ2) is 6.87. The summed E-state index contributed by atoms with van der Waals surface area (Å²) in [4.78, 5) is 24.6. The van der Waals surface area contributed by atoms with E-state index < -0.39 is 11.9 Å². The van der Waals surface area contributed by atoms with Gasteiger partial charge in [0.25, 0.3) is 5.91 Å². The number of hydrogen-bond donors (Lipinski definition) is 2. The van der Waals surface area contributed by atoms with Crippen molar-refractivity contribution in [3.05, 3.63) is 70.7 Å². The third kappa shape index (κ3) is 3.23. The van der Waals surface area contributed by atoms with Gasteiger partial charge in [-0.05, 0) is 32.4 Å². The molecule has 7 nitrogen and oxygen atoms in total. The van der Waals surface area contributed by atoms with Crippen LogP contribution < -0.4 is 11.1 Å². The van der Waals surface area contributed by atoms with Gasteiger partial charge in [0, 0.05) is 17.5 Å². The lowest BCUT2D eigenvalue weighted by atomic mass is 10.1. The van der Waals surface area contributed by atoms with Gasteiger partial charge in [-0.3, -0.25) is 14.2 Å². The van der Waals surface area contributed by atoms with Gasteiger partial charge in [-0.2, -0.15) is 0 Å². The average molecular weight is 352 g/mol. The molecule has 7 heteroatoms. The molecule has 0 bridgehead atoms. The second-order valence-electron chi connectivity index (χ2n) is 6.14. The Hall–Kier alpha value is -3.35. The minimum absolute atomic E-state index is 0.378. The van der Waals surface area contributed by atoms with Gasteiger partial charge in [-0.1, -0.05) is 35.5 Å². The predicted octanol–water partition coefficient (Wildman–Crippen LogP) is 2.35. The van der Waals surface area contributed by atoms with E-state index in [1.165, 1.54) is 0 Å². The maximum Gasteiger partial charge on any atom is 0.254 e. The highest BCUT2D eigenvalue weighted by molar-refractivity contribution is 5.98. The number of aromatic nitrogens is 2. The Balaban J connectivity index is 1.92. The molecule has 2 heterocycles. The number of nitrogens with one attached hydrogen (secondary N) is 1. The Kier molecular flexibility index (Phi) is 4.62. The molecule has 0 spiro atoms. The van der Waals surface area contributed by atoms with E-state index >= 15 is 0 Å². The van der Waals surface area contributed by atoms with Crippen molar-refractivity contribution in [2.75, 3.05) is 0 Å². The molecule has 0 saturated heterocycles. The molecule has 26 heavy (non-hydrogen) atoms. The first kappa shape index (κ1) is 17.5. The number of aryl methyl sites for hydroxylation is 2. The number of hydrogen-bond acceptors (Lipinski definition) is 4. The van der Waals surface area contributed by atoms with E-state index in [9.17, 15) is 9.59 Å². The Morgan fingerprint density at radius 1 is 1.15 bits per heavy atom. The maximum atomic E-state index is 12.8. The third-order valence-corrected chi connectivity index (χ3v) is 4.21. The largest absolute Gasteiger partial charge is 0.368 e. The molecule has 1 aromatic carbocycles. The Labute approximate surface area is 150 Å². The van der Waals surface area contributed by atoms with Gasteiger partial charge < -0.3 is 15.6 Å². The van der Waals surface area contributed by atoms with Crippen LogP contribution in [0.3, 0.4) is 0 Å². The standard InChI is InChI=1S/C19H20N4O3/c1-11-9-15(13(3)23(11)16-10-12(2)26-22-16)19(25)21-17(18(20)24)14-7-5-4-6-8-14/h4-10,17H,1-3H3,(H2,20,24)(H,21,25). The first-order valence-corrected chi connectivity index (χ1v) is 8.16. The zero-order valence-electron chi connectivity index (χ0n) is 14.8. The lowest BCUT2D eigenvalue weighted by Gasteiger charge is -2.16. The van der Waals surface area contributed by atoms with Crippen LogP contribution in [0.15, 0.2) is 47.0 Å². The van der Waals surface area contributed by atoms with Crippen LogP contribution >= 0.6 is 0 Å². The Morgan fingerprint density at radius 3 is 2.42 bits per heavy atom. The van der Waals surface area contributed by atoms with Crippen molar-refractivity contribution in [3.63, 3.8) is 0 Å². The highest BCUT2D eigenvalue weighted by Crippen LogP contribution is 2.22. The van der Waals surface area contributed by atoms with Crippen molar-refractivity contribution < 1.29 is 14.1 Å². The summed E-state index contributed by atoms with van der Waals surface area (Å²) >= 11 is 0. The molecule has 0 aliphatic carbocycles. The predicted molar refractivity (Wildman–Crippen MR) is 95.9 cm³/mol. The lowest BCUT2D eigenvalue weighted by Crippen LogP contribution is -2.37. The third-order valence-electron chi connectivity index (χ3n) is 4.21. The molecule has 0 saturated carbocycles. The lowest BCUT2D eigenvalue weighted by molar-refractivity contribution is -0.120. The van der Waals surface area contributed by atoms with Crippen LogP contribution in [-0.4, -0.2) is 21.5 Å². The number of carbonyl (C=O) groups is 2. The molecule has 3 aromatic rings. The smallest absolute Gasteiger partial charge is 0.254 e. The zero-order chi connectivity index (χ0) is 18.8. The molecule has 0 fully saturated rings. The first-order chi connectivity index (χ1) is 12.4. The highest BCUT2D eigenvalue weighted by atomic mass is 16.5. The average Bonchev–Trinajstić information content (AvgIpc) is 3.15. The van der Waals surface area contributed by atoms with Crippen LogP contribution in [0.1, 0.15) is 39.1 Å². The van der Waals surface area contributed by atoms with E-state index in [0.717, 1.165) is 5.69 Å². The summed E-state index contributed by atoms with van der Waals surface area (Å²) in [5, 5.41) is 6.72. The number of primary amides is 1. The summed E-state index contributed by atoms with van der Waals surface area (Å²) in [6, 6.07) is 11.5. The molecular weight excluding hydrogens is 332 g/mol. The van der Waals surface area contributed by atoms with Gasteiger partial charge in [-0.25, -0.2) is 0 Å². The summed E-state index contributed by atoms with van der Waals surface area (Å²) < 4.78 is 6.95. The van der Waals surface area contributed by atoms with Crippen molar-refractivity contribution in [2.24, 2.45) is 5.73 Å². The minimum atomic E-state index is -0.902. The van der Waals surface area contributed by atoms with E-state index in [0.29, 0.717) is 28.4 Å². The van der Waals surface area contributed by atoms with Crippen LogP contribution in [0.25, 0.3) is 5.82 Å². The van der Waals surface area contributed by atoms with E-state index in [1.54, 1.807) is 43.3 Å². The summed E-state index contributed by atoms with van der Waals surface area (Å²) in [7, 11) is 0. The van der Waals surface area contributed by atoms with Gasteiger partial charge in [-0.15, -0.1) is 0 Å². The molecule has 1 atom stereocenters. The van der Waals surface area contributed by atoms with Crippen molar-refractivity contribution >= 4 is 11.8 Å². The molecule has 2 aromatic heterocycles. The second-order valence-corrected chi connectivity index (χ2v) is 6.14. The van der Waals surface area contributed by atoms with E-state index in [-0.39, 0.29) is 5.91 Å². The first-order valence-electron chi connectivity index (χ1n) is 8.16. The monoisotopic (exact) mass is 352 g/mol. The van der Waals surface area contributed by atoms with Gasteiger partial charge in [0.1, 0.15) is 11.8 Å². The number of nitrogens with zero attached hydrogens (tertiary/aromatic N) is 2. The summed E-state index contributed by atoms with van der Waals surface area (Å²) in [6.07, 6.45) is 0. The number of rotatable bonds is 5. The highest BCUT2D eigenvalue weighted by Gasteiger charge is 2.24. The van der Waals surface area contributed by atoms with E-state index in [1.807, 2.05) is 24.5 Å². The number of nitrogens with two attached hydrogens (primary N) is 1. The molecule has 0 aliphatic heterocycles. The molecule has 2 amide bonds. The minimum Gasteiger partial charge on any atom is -0.368 e. The van der Waals surface area contributed by atoms with Gasteiger partial charge in [0.05, 0.1) is 5.56 Å². The maximum absolute atomic E-state index is 12.8. The fourth-order valence-electron chi connectivity index (χ4n) is 2.98. The molecule has 1 unspecified atom stereocenters. The van der Waals surface area contributed by atoms with Gasteiger partial charge in [0.2, 0.25) is 5.91 Å². The summed E-state index contributed by atoms with van der Waals surface area (Å²) in [6.45, 7) is 5.49.